The first-order valence-electron chi connectivity index (χ1n) is 13.1. The molecule has 6 unspecified atom stereocenters. The van der Waals surface area contributed by atoms with E-state index in [1.807, 2.05) is 0 Å². The highest BCUT2D eigenvalue weighted by molar-refractivity contribution is 14.1. The maximum atomic E-state index is 15.2. The summed E-state index contributed by atoms with van der Waals surface area (Å²) in [7, 11) is 0. The number of alkyl halides is 4. The number of rotatable bonds is 5. The summed E-state index contributed by atoms with van der Waals surface area (Å²) >= 11 is 2.40. The molecule has 7 atom stereocenters. The van der Waals surface area contributed by atoms with Crippen LogP contribution in [-0.4, -0.2) is 22.4 Å². The van der Waals surface area contributed by atoms with Crippen molar-refractivity contribution in [3.63, 3.8) is 0 Å². The third-order valence-corrected chi connectivity index (χ3v) is 10.6. The first-order chi connectivity index (χ1) is 14.5. The van der Waals surface area contributed by atoms with Gasteiger partial charge in [-0.05, 0) is 86.9 Å². The van der Waals surface area contributed by atoms with E-state index in [0.29, 0.717) is 21.7 Å². The lowest BCUT2D eigenvalue weighted by molar-refractivity contribution is -0.0349. The fourth-order valence-corrected chi connectivity index (χ4v) is 8.39. The highest BCUT2D eigenvalue weighted by Crippen LogP contribution is 2.48. The van der Waals surface area contributed by atoms with E-state index in [0.717, 1.165) is 77.0 Å². The van der Waals surface area contributed by atoms with Gasteiger partial charge in [-0.15, -0.1) is 0 Å². The molecule has 0 aromatic heterocycles. The molecule has 0 radical (unpaired) electrons. The third-order valence-electron chi connectivity index (χ3n) is 9.50. The summed E-state index contributed by atoms with van der Waals surface area (Å²) in [4.78, 5) is 0. The van der Waals surface area contributed by atoms with Crippen LogP contribution in [-0.2, 0) is 0 Å². The average Bonchev–Trinajstić information content (AvgIpc) is 2.76. The van der Waals surface area contributed by atoms with E-state index in [-0.39, 0.29) is 17.8 Å². The van der Waals surface area contributed by atoms with Crippen molar-refractivity contribution in [2.45, 2.75) is 125 Å². The van der Waals surface area contributed by atoms with E-state index in [1.165, 1.54) is 25.7 Å². The predicted molar refractivity (Wildman–Crippen MR) is 127 cm³/mol. The maximum absolute atomic E-state index is 15.2. The number of hydrogen-bond donors (Lipinski definition) is 0. The molecule has 0 spiro atoms. The van der Waals surface area contributed by atoms with Crippen molar-refractivity contribution in [2.24, 2.45) is 35.5 Å². The summed E-state index contributed by atoms with van der Waals surface area (Å²) in [6, 6.07) is 0. The lowest BCUT2D eigenvalue weighted by Crippen LogP contribution is -2.44. The van der Waals surface area contributed by atoms with Crippen LogP contribution in [0.5, 0.6) is 0 Å². The topological polar surface area (TPSA) is 0 Å². The van der Waals surface area contributed by atoms with Gasteiger partial charge in [-0.3, -0.25) is 0 Å². The Kier molecular flexibility index (Phi) is 8.75. The molecule has 4 saturated carbocycles. The lowest BCUT2D eigenvalue weighted by atomic mass is 9.64. The standard InChI is InChI=1S/C26H42F3I/c27-24-16-21(30)13-12-20(24)11-8-17-6-9-19(10-7-17)23-15-14-22(25(28)26(23)29)18-4-2-1-3-5-18/h17-26H,1-16H2/t17?,19?,20?,21?,22?,23-,24?,25?,26?/m1/s1. The van der Waals surface area contributed by atoms with E-state index in [2.05, 4.69) is 22.6 Å². The van der Waals surface area contributed by atoms with Crippen LogP contribution < -0.4 is 0 Å². The second-order valence-corrected chi connectivity index (χ2v) is 13.0. The SMILES string of the molecule is FC1CC(I)CCC1CCC1CCC([C@H]2CCC(C3CCCCC3)C(F)C2F)CC1. The Morgan fingerprint density at radius 1 is 0.600 bits per heavy atom. The van der Waals surface area contributed by atoms with Crippen molar-refractivity contribution >= 4 is 22.6 Å². The Morgan fingerprint density at radius 3 is 1.80 bits per heavy atom. The van der Waals surface area contributed by atoms with Gasteiger partial charge in [0.2, 0.25) is 0 Å². The van der Waals surface area contributed by atoms with E-state index in [4.69, 9.17) is 0 Å². The molecule has 0 aromatic rings. The van der Waals surface area contributed by atoms with Crippen molar-refractivity contribution in [1.82, 2.24) is 0 Å². The Hall–Kier alpha value is 0.520. The summed E-state index contributed by atoms with van der Waals surface area (Å²) < 4.78 is 45.1. The Labute approximate surface area is 196 Å². The van der Waals surface area contributed by atoms with Gasteiger partial charge in [0.05, 0.1) is 0 Å². The van der Waals surface area contributed by atoms with Gasteiger partial charge >= 0.3 is 0 Å². The minimum absolute atomic E-state index is 0.0147. The fraction of sp³-hybridized carbons (Fsp3) is 1.00. The molecular formula is C26H42F3I. The monoisotopic (exact) mass is 538 g/mol. The van der Waals surface area contributed by atoms with Crippen molar-refractivity contribution < 1.29 is 13.2 Å². The van der Waals surface area contributed by atoms with Gasteiger partial charge in [-0.25, -0.2) is 13.2 Å². The largest absolute Gasteiger partial charge is 0.247 e. The molecule has 4 aliphatic carbocycles. The van der Waals surface area contributed by atoms with Gasteiger partial charge < -0.3 is 0 Å². The first-order valence-corrected chi connectivity index (χ1v) is 14.3. The van der Waals surface area contributed by atoms with Crippen molar-refractivity contribution in [3.05, 3.63) is 0 Å². The molecule has 0 bridgehead atoms. The van der Waals surface area contributed by atoms with E-state index < -0.39 is 18.5 Å². The molecule has 0 N–H and O–H groups in total. The van der Waals surface area contributed by atoms with E-state index >= 15 is 8.78 Å². The van der Waals surface area contributed by atoms with Crippen molar-refractivity contribution in [1.29, 1.82) is 0 Å². The van der Waals surface area contributed by atoms with Crippen LogP contribution in [0.25, 0.3) is 0 Å². The molecule has 0 aromatic carbocycles. The number of halogens is 4. The molecule has 0 heterocycles. The second-order valence-electron chi connectivity index (χ2n) is 11.2. The minimum Gasteiger partial charge on any atom is -0.247 e. The van der Waals surface area contributed by atoms with Crippen LogP contribution in [0.2, 0.25) is 0 Å². The van der Waals surface area contributed by atoms with Crippen molar-refractivity contribution in [2.75, 3.05) is 0 Å². The lowest BCUT2D eigenvalue weighted by Gasteiger charge is -2.44. The van der Waals surface area contributed by atoms with Gasteiger partial charge in [-0.2, -0.15) is 0 Å². The molecule has 4 rings (SSSR count). The summed E-state index contributed by atoms with van der Waals surface area (Å²) in [5, 5.41) is 0. The Bertz CT molecular complexity index is 514. The fourth-order valence-electron chi connectivity index (χ4n) is 7.54. The smallest absolute Gasteiger partial charge is 0.134 e. The second kappa shape index (κ2) is 11.1. The molecule has 4 aliphatic rings. The third kappa shape index (κ3) is 5.71. The molecule has 30 heavy (non-hydrogen) atoms. The summed E-state index contributed by atoms with van der Waals surface area (Å²) in [6.07, 6.45) is 14.2. The molecule has 0 nitrogen and oxygen atoms in total. The predicted octanol–water partition coefficient (Wildman–Crippen LogP) is 8.80. The average molecular weight is 539 g/mol. The van der Waals surface area contributed by atoms with Crippen LogP contribution in [0.1, 0.15) is 103 Å². The maximum Gasteiger partial charge on any atom is 0.134 e. The Morgan fingerprint density at radius 2 is 1.20 bits per heavy atom. The molecule has 4 heteroatoms. The van der Waals surface area contributed by atoms with Gasteiger partial charge in [0.15, 0.2) is 0 Å². The molecular weight excluding hydrogens is 496 g/mol. The normalized spacial score (nSPS) is 46.6. The highest BCUT2D eigenvalue weighted by atomic mass is 127. The van der Waals surface area contributed by atoms with Crippen LogP contribution in [0.15, 0.2) is 0 Å². The zero-order chi connectivity index (χ0) is 21.1. The van der Waals surface area contributed by atoms with Crippen molar-refractivity contribution in [3.8, 4) is 0 Å². The minimum atomic E-state index is -1.23. The highest BCUT2D eigenvalue weighted by Gasteiger charge is 2.46. The molecule has 0 amide bonds. The van der Waals surface area contributed by atoms with Gasteiger partial charge in [-0.1, -0.05) is 74.0 Å². The van der Waals surface area contributed by atoms with Gasteiger partial charge in [0.25, 0.3) is 0 Å². The molecule has 0 saturated heterocycles. The summed E-state index contributed by atoms with van der Waals surface area (Å²) in [5.41, 5.74) is 0. The molecule has 174 valence electrons. The molecule has 4 fully saturated rings. The zero-order valence-electron chi connectivity index (χ0n) is 18.6. The Balaban J connectivity index is 1.20. The first kappa shape index (κ1) is 23.7. The summed E-state index contributed by atoms with van der Waals surface area (Å²) in [6.45, 7) is 0. The summed E-state index contributed by atoms with van der Waals surface area (Å²) in [5.74, 6) is 1.71. The van der Waals surface area contributed by atoms with Crippen LogP contribution in [0.3, 0.4) is 0 Å². The van der Waals surface area contributed by atoms with Crippen LogP contribution in [0, 0.1) is 35.5 Å². The van der Waals surface area contributed by atoms with E-state index in [9.17, 15) is 4.39 Å². The van der Waals surface area contributed by atoms with Gasteiger partial charge in [0, 0.05) is 3.92 Å². The van der Waals surface area contributed by atoms with Gasteiger partial charge in [0.1, 0.15) is 18.5 Å². The molecule has 0 aliphatic heterocycles. The van der Waals surface area contributed by atoms with Crippen LogP contribution in [0.4, 0.5) is 13.2 Å². The quantitative estimate of drug-likeness (QED) is 0.242. The number of hydrogen-bond acceptors (Lipinski definition) is 0. The van der Waals surface area contributed by atoms with E-state index in [1.54, 1.807) is 0 Å². The van der Waals surface area contributed by atoms with Crippen LogP contribution >= 0.6 is 22.6 Å². The zero-order valence-corrected chi connectivity index (χ0v) is 20.8.